The Kier molecular flexibility index (Phi) is 3.54. The lowest BCUT2D eigenvalue weighted by Gasteiger charge is -2.25. The highest BCUT2D eigenvalue weighted by Gasteiger charge is 2.19. The van der Waals surface area contributed by atoms with E-state index in [0.29, 0.717) is 13.2 Å². The molecule has 102 valence electrons. The van der Waals surface area contributed by atoms with Crippen LogP contribution in [0, 0.1) is 0 Å². The van der Waals surface area contributed by atoms with Crippen LogP contribution in [-0.2, 0) is 0 Å². The molecule has 1 atom stereocenters. The Bertz CT molecular complexity index is 607. The molecule has 0 amide bonds. The van der Waals surface area contributed by atoms with E-state index in [1.807, 2.05) is 36.4 Å². The number of hydrogen-bond donors (Lipinski definition) is 1. The van der Waals surface area contributed by atoms with Crippen molar-refractivity contribution in [1.29, 1.82) is 0 Å². The number of rotatable bonds is 3. The van der Waals surface area contributed by atoms with Crippen LogP contribution in [-0.4, -0.2) is 30.6 Å². The summed E-state index contributed by atoms with van der Waals surface area (Å²) in [4.78, 5) is 4.36. The molecule has 1 N–H and O–H groups in total. The summed E-state index contributed by atoms with van der Waals surface area (Å²) in [6.07, 6.45) is 1.70. The van der Waals surface area contributed by atoms with E-state index >= 15 is 0 Å². The van der Waals surface area contributed by atoms with Crippen LogP contribution in [0.1, 0.15) is 5.56 Å². The van der Waals surface area contributed by atoms with Gasteiger partial charge in [0, 0.05) is 6.21 Å². The van der Waals surface area contributed by atoms with E-state index in [1.165, 1.54) is 0 Å². The molecule has 4 heteroatoms. The number of nitrogens with zero attached hydrogens (tertiary/aromatic N) is 1. The Balaban J connectivity index is 1.59. The molecule has 0 spiro atoms. The summed E-state index contributed by atoms with van der Waals surface area (Å²) in [5, 5.41) is 9.20. The number of ether oxygens (including phenoxy) is 2. The zero-order valence-electron chi connectivity index (χ0n) is 10.9. The number of benzene rings is 2. The van der Waals surface area contributed by atoms with Gasteiger partial charge in [0.15, 0.2) is 17.6 Å². The van der Waals surface area contributed by atoms with Gasteiger partial charge < -0.3 is 14.6 Å². The van der Waals surface area contributed by atoms with Crippen LogP contribution in [0.15, 0.2) is 53.5 Å². The summed E-state index contributed by atoms with van der Waals surface area (Å²) < 4.78 is 11.4. The van der Waals surface area contributed by atoms with Crippen LogP contribution in [0.2, 0.25) is 0 Å². The van der Waals surface area contributed by atoms with Crippen LogP contribution in [0.3, 0.4) is 0 Å². The van der Waals surface area contributed by atoms with E-state index < -0.39 is 0 Å². The molecule has 0 aromatic heterocycles. The number of fused-ring (bicyclic) bond motifs is 1. The number of hydrogen-bond acceptors (Lipinski definition) is 4. The van der Waals surface area contributed by atoms with Gasteiger partial charge in [-0.25, -0.2) is 0 Å². The lowest BCUT2D eigenvalue weighted by molar-refractivity contribution is 0.0973. The molecule has 0 bridgehead atoms. The van der Waals surface area contributed by atoms with Crippen LogP contribution >= 0.6 is 0 Å². The first-order valence-corrected chi connectivity index (χ1v) is 6.48. The average molecular weight is 269 g/mol. The maximum absolute atomic E-state index is 9.20. The van der Waals surface area contributed by atoms with E-state index in [4.69, 9.17) is 9.47 Å². The van der Waals surface area contributed by atoms with Crippen LogP contribution in [0.25, 0.3) is 0 Å². The van der Waals surface area contributed by atoms with Gasteiger partial charge in [-0.15, -0.1) is 0 Å². The molecule has 4 nitrogen and oxygen atoms in total. The van der Waals surface area contributed by atoms with Crippen molar-refractivity contribution >= 4 is 6.21 Å². The third kappa shape index (κ3) is 2.91. The Morgan fingerprint density at radius 2 is 1.85 bits per heavy atom. The SMILES string of the molecule is Oc1ccc(C=NCC2COc3ccccc3O2)cc1. The number of phenolic OH excluding ortho intramolecular Hbond substituents is 1. The highest BCUT2D eigenvalue weighted by molar-refractivity contribution is 5.79. The predicted molar refractivity (Wildman–Crippen MR) is 76.9 cm³/mol. The minimum absolute atomic E-state index is 0.0711. The zero-order chi connectivity index (χ0) is 13.8. The monoisotopic (exact) mass is 269 g/mol. The van der Waals surface area contributed by atoms with Crippen molar-refractivity contribution in [3.05, 3.63) is 54.1 Å². The second kappa shape index (κ2) is 5.65. The fraction of sp³-hybridized carbons (Fsp3) is 0.188. The van der Waals surface area contributed by atoms with Crippen molar-refractivity contribution in [2.24, 2.45) is 4.99 Å². The minimum atomic E-state index is -0.0711. The molecule has 1 heterocycles. The van der Waals surface area contributed by atoms with Crippen LogP contribution < -0.4 is 9.47 Å². The third-order valence-electron chi connectivity index (χ3n) is 3.01. The molecule has 0 saturated heterocycles. The minimum Gasteiger partial charge on any atom is -0.508 e. The lowest BCUT2D eigenvalue weighted by atomic mass is 10.2. The van der Waals surface area contributed by atoms with Gasteiger partial charge in [0.2, 0.25) is 0 Å². The fourth-order valence-corrected chi connectivity index (χ4v) is 1.99. The van der Waals surface area contributed by atoms with E-state index in [0.717, 1.165) is 17.1 Å². The normalized spacial score (nSPS) is 17.3. The maximum atomic E-state index is 9.20. The molecule has 1 aliphatic heterocycles. The highest BCUT2D eigenvalue weighted by atomic mass is 16.6. The molecule has 0 aliphatic carbocycles. The van der Waals surface area contributed by atoms with E-state index in [9.17, 15) is 5.11 Å². The van der Waals surface area contributed by atoms with Gasteiger partial charge in [-0.2, -0.15) is 0 Å². The van der Waals surface area contributed by atoms with Gasteiger partial charge in [-0.1, -0.05) is 12.1 Å². The Morgan fingerprint density at radius 1 is 1.10 bits per heavy atom. The van der Waals surface area contributed by atoms with Gasteiger partial charge in [-0.05, 0) is 42.0 Å². The maximum Gasteiger partial charge on any atom is 0.161 e. The largest absolute Gasteiger partial charge is 0.508 e. The summed E-state index contributed by atoms with van der Waals surface area (Å²) in [7, 11) is 0. The molecular weight excluding hydrogens is 254 g/mol. The van der Waals surface area contributed by atoms with Crippen LogP contribution in [0.5, 0.6) is 17.2 Å². The first-order chi connectivity index (χ1) is 9.81. The van der Waals surface area contributed by atoms with Crippen molar-refractivity contribution in [2.75, 3.05) is 13.2 Å². The summed E-state index contributed by atoms with van der Waals surface area (Å²) in [5.41, 5.74) is 0.944. The highest BCUT2D eigenvalue weighted by Crippen LogP contribution is 2.30. The molecule has 0 radical (unpaired) electrons. The van der Waals surface area contributed by atoms with Gasteiger partial charge in [0.05, 0.1) is 6.54 Å². The third-order valence-corrected chi connectivity index (χ3v) is 3.01. The Hall–Kier alpha value is -2.49. The molecule has 2 aromatic carbocycles. The van der Waals surface area contributed by atoms with Crippen molar-refractivity contribution in [3.8, 4) is 17.2 Å². The molecule has 3 rings (SSSR count). The second-order valence-electron chi connectivity index (χ2n) is 4.58. The summed E-state index contributed by atoms with van der Waals surface area (Å²) in [6, 6.07) is 14.5. The number of phenols is 1. The van der Waals surface area contributed by atoms with Crippen molar-refractivity contribution in [3.63, 3.8) is 0 Å². The van der Waals surface area contributed by atoms with Gasteiger partial charge in [0.25, 0.3) is 0 Å². The first-order valence-electron chi connectivity index (χ1n) is 6.48. The summed E-state index contributed by atoms with van der Waals surface area (Å²) in [5.74, 6) is 1.80. The summed E-state index contributed by atoms with van der Waals surface area (Å²) >= 11 is 0. The van der Waals surface area contributed by atoms with Gasteiger partial charge in [0.1, 0.15) is 12.4 Å². The number of aliphatic imine (C=N–C) groups is 1. The predicted octanol–water partition coefficient (Wildman–Crippen LogP) is 2.65. The van der Waals surface area contributed by atoms with E-state index in [-0.39, 0.29) is 11.9 Å². The molecule has 2 aromatic rings. The van der Waals surface area contributed by atoms with Crippen molar-refractivity contribution in [1.82, 2.24) is 0 Å². The average Bonchev–Trinajstić information content (AvgIpc) is 2.49. The van der Waals surface area contributed by atoms with Gasteiger partial charge >= 0.3 is 0 Å². The quantitative estimate of drug-likeness (QED) is 0.871. The Morgan fingerprint density at radius 3 is 2.65 bits per heavy atom. The smallest absolute Gasteiger partial charge is 0.161 e. The standard InChI is InChI=1S/C16H15NO3/c18-13-7-5-12(6-8-13)9-17-10-14-11-19-15-3-1-2-4-16(15)20-14/h1-9,14,18H,10-11H2. The number of aromatic hydroxyl groups is 1. The molecule has 1 unspecified atom stereocenters. The molecule has 0 fully saturated rings. The van der Waals surface area contributed by atoms with Gasteiger partial charge in [-0.3, -0.25) is 4.99 Å². The van der Waals surface area contributed by atoms with Crippen LogP contribution in [0.4, 0.5) is 0 Å². The first kappa shape index (κ1) is 12.5. The summed E-state index contributed by atoms with van der Waals surface area (Å²) in [6.45, 7) is 1.04. The fourth-order valence-electron chi connectivity index (χ4n) is 1.99. The van der Waals surface area contributed by atoms with Crippen molar-refractivity contribution in [2.45, 2.75) is 6.10 Å². The topological polar surface area (TPSA) is 51.1 Å². The van der Waals surface area contributed by atoms with Crippen molar-refractivity contribution < 1.29 is 14.6 Å². The molecule has 1 aliphatic rings. The zero-order valence-corrected chi connectivity index (χ0v) is 10.9. The molecule has 20 heavy (non-hydrogen) atoms. The molecular formula is C16H15NO3. The van der Waals surface area contributed by atoms with E-state index in [2.05, 4.69) is 4.99 Å². The lowest BCUT2D eigenvalue weighted by Crippen LogP contribution is -2.31. The van der Waals surface area contributed by atoms with E-state index in [1.54, 1.807) is 18.3 Å². The Labute approximate surface area is 117 Å². The second-order valence-corrected chi connectivity index (χ2v) is 4.58. The molecule has 0 saturated carbocycles. The number of para-hydroxylation sites is 2.